The second-order valence-electron chi connectivity index (χ2n) is 7.42. The van der Waals surface area contributed by atoms with Crippen molar-refractivity contribution in [3.8, 4) is 22.5 Å². The highest BCUT2D eigenvalue weighted by molar-refractivity contribution is 5.67. The quantitative estimate of drug-likeness (QED) is 0.408. The molecule has 0 saturated carbocycles. The first kappa shape index (κ1) is 19.0. The number of hydrogen-bond donors (Lipinski definition) is 2. The Bertz CT molecular complexity index is 1310. The van der Waals surface area contributed by atoms with Crippen LogP contribution in [0.15, 0.2) is 97.5 Å². The largest absolute Gasteiger partial charge is 0.392 e. The van der Waals surface area contributed by atoms with E-state index in [2.05, 4.69) is 51.7 Å². The number of aliphatic hydroxyl groups excluding tert-OH is 1. The number of imidazole rings is 1. The fraction of sp³-hybridized carbons (Fsp3) is 0.0769. The summed E-state index contributed by atoms with van der Waals surface area (Å²) in [5, 5.41) is 12.9. The number of nitrogens with zero attached hydrogens (tertiary/aromatic N) is 3. The number of anilines is 1. The number of fused-ring (bicyclic) bond motifs is 1. The van der Waals surface area contributed by atoms with Gasteiger partial charge in [-0.1, -0.05) is 60.7 Å². The van der Waals surface area contributed by atoms with E-state index < -0.39 is 0 Å². The van der Waals surface area contributed by atoms with Crippen LogP contribution in [-0.4, -0.2) is 19.5 Å². The topological polar surface area (TPSA) is 62.5 Å². The zero-order valence-corrected chi connectivity index (χ0v) is 16.9. The number of nitrogens with one attached hydrogen (secondary N) is 1. The molecule has 2 N–H and O–H groups in total. The van der Waals surface area contributed by atoms with Gasteiger partial charge in [-0.05, 0) is 29.3 Å². The highest BCUT2D eigenvalue weighted by Gasteiger charge is 2.09. The molecule has 5 heteroatoms. The highest BCUT2D eigenvalue weighted by atomic mass is 16.3. The van der Waals surface area contributed by atoms with E-state index in [9.17, 15) is 5.11 Å². The van der Waals surface area contributed by atoms with E-state index in [1.165, 1.54) is 5.56 Å². The molecule has 31 heavy (non-hydrogen) atoms. The molecule has 5 nitrogen and oxygen atoms in total. The summed E-state index contributed by atoms with van der Waals surface area (Å²) < 4.78 is 2.05. The van der Waals surface area contributed by atoms with Crippen molar-refractivity contribution in [2.45, 2.75) is 13.2 Å². The lowest BCUT2D eigenvalue weighted by Crippen LogP contribution is -1.99. The summed E-state index contributed by atoms with van der Waals surface area (Å²) in [5.41, 5.74) is 7.89. The maximum atomic E-state index is 9.45. The monoisotopic (exact) mass is 406 g/mol. The van der Waals surface area contributed by atoms with Crippen LogP contribution in [0.2, 0.25) is 0 Å². The van der Waals surface area contributed by atoms with Crippen LogP contribution >= 0.6 is 0 Å². The van der Waals surface area contributed by atoms with Crippen molar-refractivity contribution in [1.29, 1.82) is 0 Å². The summed E-state index contributed by atoms with van der Waals surface area (Å²) in [6.07, 6.45) is 5.65. The van der Waals surface area contributed by atoms with Crippen LogP contribution in [0.1, 0.15) is 11.1 Å². The molecule has 0 bridgehead atoms. The van der Waals surface area contributed by atoms with Crippen LogP contribution in [-0.2, 0) is 13.2 Å². The maximum absolute atomic E-state index is 9.45. The number of para-hydroxylation sites is 1. The smallest absolute Gasteiger partial charge is 0.155 e. The van der Waals surface area contributed by atoms with Gasteiger partial charge in [-0.15, -0.1) is 0 Å². The summed E-state index contributed by atoms with van der Waals surface area (Å²) in [6, 6.07) is 26.5. The molecule has 5 rings (SSSR count). The van der Waals surface area contributed by atoms with Gasteiger partial charge in [0.15, 0.2) is 5.65 Å². The average molecular weight is 406 g/mol. The number of benzene rings is 3. The van der Waals surface area contributed by atoms with Gasteiger partial charge in [0, 0.05) is 29.6 Å². The van der Waals surface area contributed by atoms with Gasteiger partial charge in [0.1, 0.15) is 0 Å². The van der Waals surface area contributed by atoms with E-state index in [-0.39, 0.29) is 6.61 Å². The van der Waals surface area contributed by atoms with E-state index >= 15 is 0 Å². The van der Waals surface area contributed by atoms with Gasteiger partial charge in [0.25, 0.3) is 0 Å². The van der Waals surface area contributed by atoms with Crippen LogP contribution in [0.4, 0.5) is 5.69 Å². The molecule has 0 amide bonds. The van der Waals surface area contributed by atoms with Gasteiger partial charge in [-0.2, -0.15) is 0 Å². The molecular formula is C26H22N4O. The number of rotatable bonds is 6. The van der Waals surface area contributed by atoms with Crippen LogP contribution in [0.5, 0.6) is 0 Å². The first-order valence-electron chi connectivity index (χ1n) is 10.2. The molecule has 0 fully saturated rings. The summed E-state index contributed by atoms with van der Waals surface area (Å²) in [4.78, 5) is 9.08. The van der Waals surface area contributed by atoms with Crippen LogP contribution in [0.25, 0.3) is 28.2 Å². The standard InChI is InChI=1S/C26H22N4O/c31-18-20-5-4-6-22(13-20)25-15-29-26-16-28-24(17-30(25)26)21-11-9-19(10-12-21)14-27-23-7-2-1-3-8-23/h1-13,15-17,27,31H,14,18H2. The minimum atomic E-state index is 0.0167. The molecule has 0 unspecified atom stereocenters. The van der Waals surface area contributed by atoms with Crippen molar-refractivity contribution in [3.63, 3.8) is 0 Å². The van der Waals surface area contributed by atoms with Crippen molar-refractivity contribution in [3.05, 3.63) is 109 Å². The van der Waals surface area contributed by atoms with Crippen LogP contribution in [0, 0.1) is 0 Å². The fourth-order valence-corrected chi connectivity index (χ4v) is 3.63. The molecular weight excluding hydrogens is 384 g/mol. The minimum absolute atomic E-state index is 0.0167. The lowest BCUT2D eigenvalue weighted by molar-refractivity contribution is 0.282. The number of hydrogen-bond acceptors (Lipinski definition) is 4. The third kappa shape index (κ3) is 4.04. The maximum Gasteiger partial charge on any atom is 0.155 e. The number of aromatic nitrogens is 3. The van der Waals surface area contributed by atoms with E-state index in [0.717, 1.165) is 46.0 Å². The Balaban J connectivity index is 1.41. The van der Waals surface area contributed by atoms with E-state index in [1.807, 2.05) is 59.3 Å². The summed E-state index contributed by atoms with van der Waals surface area (Å²) in [5.74, 6) is 0. The molecule has 0 spiro atoms. The molecule has 2 heterocycles. The fourth-order valence-electron chi connectivity index (χ4n) is 3.63. The van der Waals surface area contributed by atoms with Gasteiger partial charge in [-0.3, -0.25) is 9.38 Å². The molecule has 0 saturated heterocycles. The Morgan fingerprint density at radius 3 is 2.42 bits per heavy atom. The Morgan fingerprint density at radius 1 is 0.774 bits per heavy atom. The molecule has 0 radical (unpaired) electrons. The normalized spacial score (nSPS) is 11.0. The SMILES string of the molecule is OCc1cccc(-c2cnc3cnc(-c4ccc(CNc5ccccc5)cc4)cn23)c1. The molecule has 0 aliphatic carbocycles. The molecule has 152 valence electrons. The summed E-state index contributed by atoms with van der Waals surface area (Å²) in [7, 11) is 0. The summed E-state index contributed by atoms with van der Waals surface area (Å²) >= 11 is 0. The Kier molecular flexibility index (Phi) is 5.17. The Labute approximate surface area is 180 Å². The van der Waals surface area contributed by atoms with Gasteiger partial charge < -0.3 is 10.4 Å². The van der Waals surface area contributed by atoms with E-state index in [1.54, 1.807) is 6.20 Å². The molecule has 5 aromatic rings. The minimum Gasteiger partial charge on any atom is -0.392 e. The predicted molar refractivity (Wildman–Crippen MR) is 124 cm³/mol. The molecule has 2 aromatic heterocycles. The number of aliphatic hydroxyl groups is 1. The second kappa shape index (κ2) is 8.42. The highest BCUT2D eigenvalue weighted by Crippen LogP contribution is 2.25. The Morgan fingerprint density at radius 2 is 1.61 bits per heavy atom. The van der Waals surface area contributed by atoms with Crippen LogP contribution in [0.3, 0.4) is 0 Å². The van der Waals surface area contributed by atoms with Crippen molar-refractivity contribution >= 4 is 11.3 Å². The molecule has 0 aliphatic rings. The predicted octanol–water partition coefficient (Wildman–Crippen LogP) is 5.17. The molecule has 3 aromatic carbocycles. The van der Waals surface area contributed by atoms with Crippen molar-refractivity contribution < 1.29 is 5.11 Å². The van der Waals surface area contributed by atoms with Gasteiger partial charge in [0.2, 0.25) is 0 Å². The van der Waals surface area contributed by atoms with Crippen LogP contribution < -0.4 is 5.32 Å². The second-order valence-corrected chi connectivity index (χ2v) is 7.42. The van der Waals surface area contributed by atoms with Crippen molar-refractivity contribution in [2.24, 2.45) is 0 Å². The zero-order chi connectivity index (χ0) is 21.0. The van der Waals surface area contributed by atoms with E-state index in [4.69, 9.17) is 0 Å². The van der Waals surface area contributed by atoms with E-state index in [0.29, 0.717) is 0 Å². The lowest BCUT2D eigenvalue weighted by Gasteiger charge is -2.08. The van der Waals surface area contributed by atoms with Crippen molar-refractivity contribution in [2.75, 3.05) is 5.32 Å². The molecule has 0 atom stereocenters. The lowest BCUT2D eigenvalue weighted by atomic mass is 10.1. The Hall–Kier alpha value is -3.96. The first-order valence-corrected chi connectivity index (χ1v) is 10.2. The van der Waals surface area contributed by atoms with Gasteiger partial charge in [-0.25, -0.2) is 4.98 Å². The third-order valence-electron chi connectivity index (χ3n) is 5.32. The van der Waals surface area contributed by atoms with Gasteiger partial charge >= 0.3 is 0 Å². The van der Waals surface area contributed by atoms with Gasteiger partial charge in [0.05, 0.1) is 30.4 Å². The summed E-state index contributed by atoms with van der Waals surface area (Å²) in [6.45, 7) is 0.784. The first-order chi connectivity index (χ1) is 15.3. The average Bonchev–Trinajstić information content (AvgIpc) is 3.27. The molecule has 0 aliphatic heterocycles. The zero-order valence-electron chi connectivity index (χ0n) is 16.9. The van der Waals surface area contributed by atoms with Crippen molar-refractivity contribution in [1.82, 2.24) is 14.4 Å². The third-order valence-corrected chi connectivity index (χ3v) is 5.32.